The van der Waals surface area contributed by atoms with Crippen LogP contribution in [0.15, 0.2) is 27.3 Å². The highest BCUT2D eigenvalue weighted by Crippen LogP contribution is 2.42. The molecule has 0 N–H and O–H groups in total. The van der Waals surface area contributed by atoms with Gasteiger partial charge in [0.2, 0.25) is 11.7 Å². The van der Waals surface area contributed by atoms with Gasteiger partial charge in [0.25, 0.3) is 5.89 Å². The maximum Gasteiger partial charge on any atom is 0.285 e. The fourth-order valence-corrected chi connectivity index (χ4v) is 3.30. The summed E-state index contributed by atoms with van der Waals surface area (Å²) in [5.41, 5.74) is 0.789. The molecule has 1 aliphatic carbocycles. The second-order valence-corrected chi connectivity index (χ2v) is 6.75. The van der Waals surface area contributed by atoms with E-state index in [9.17, 15) is 0 Å². The lowest BCUT2D eigenvalue weighted by Gasteiger charge is -2.14. The van der Waals surface area contributed by atoms with E-state index >= 15 is 0 Å². The van der Waals surface area contributed by atoms with Gasteiger partial charge in [-0.2, -0.15) is 5.10 Å². The summed E-state index contributed by atoms with van der Waals surface area (Å²) in [6.07, 6.45) is 6.73. The number of hydrogen-bond donors (Lipinski definition) is 0. The van der Waals surface area contributed by atoms with Crippen LogP contribution in [-0.2, 0) is 11.3 Å². The van der Waals surface area contributed by atoms with Crippen molar-refractivity contribution in [2.75, 3.05) is 6.61 Å². The maximum absolute atomic E-state index is 5.89. The van der Waals surface area contributed by atoms with Gasteiger partial charge in [-0.3, -0.25) is 4.68 Å². The third kappa shape index (κ3) is 2.76. The van der Waals surface area contributed by atoms with Crippen molar-refractivity contribution in [1.29, 1.82) is 0 Å². The number of ether oxygens (including phenoxy) is 1. The summed E-state index contributed by atoms with van der Waals surface area (Å²) < 4.78 is 19.5. The summed E-state index contributed by atoms with van der Waals surface area (Å²) in [5.74, 6) is 2.93. The van der Waals surface area contributed by atoms with Crippen LogP contribution in [0, 0.1) is 12.8 Å². The lowest BCUT2D eigenvalue weighted by Crippen LogP contribution is -2.15. The average Bonchev–Trinajstić information content (AvgIpc) is 3.07. The average molecular weight is 341 g/mol. The Bertz CT molecular complexity index is 865. The second kappa shape index (κ2) is 5.80. The van der Waals surface area contributed by atoms with E-state index in [4.69, 9.17) is 13.6 Å². The molecule has 0 spiro atoms. The number of hydrogen-bond acceptors (Lipinski definition) is 7. The molecule has 2 atom stereocenters. The number of rotatable bonds is 5. The van der Waals surface area contributed by atoms with Crippen LogP contribution < -0.4 is 0 Å². The van der Waals surface area contributed by atoms with E-state index < -0.39 is 0 Å². The van der Waals surface area contributed by atoms with E-state index in [1.807, 2.05) is 23.9 Å². The second-order valence-electron chi connectivity index (χ2n) is 6.75. The van der Waals surface area contributed by atoms with Gasteiger partial charge in [0.05, 0.1) is 5.69 Å². The molecular weight excluding hydrogens is 322 g/mol. The molecule has 0 unspecified atom stereocenters. The first-order chi connectivity index (χ1) is 12.3. The first kappa shape index (κ1) is 14.8. The smallest absolute Gasteiger partial charge is 0.285 e. The Morgan fingerprint density at radius 3 is 2.88 bits per heavy atom. The van der Waals surface area contributed by atoms with Crippen molar-refractivity contribution >= 4 is 0 Å². The SMILES string of the molecule is Cc1nc(C2CC2)oc1-c1nnc([C@H]2OCC[C@H]2Cn2cccn2)o1. The molecule has 4 heterocycles. The van der Waals surface area contributed by atoms with Crippen LogP contribution in [0.5, 0.6) is 0 Å². The quantitative estimate of drug-likeness (QED) is 0.704. The molecule has 8 heteroatoms. The Balaban J connectivity index is 1.38. The van der Waals surface area contributed by atoms with Crippen molar-refractivity contribution in [3.05, 3.63) is 35.9 Å². The zero-order valence-electron chi connectivity index (χ0n) is 14.0. The molecule has 5 rings (SSSR count). The first-order valence-electron chi connectivity index (χ1n) is 8.68. The van der Waals surface area contributed by atoms with Gasteiger partial charge in [-0.05, 0) is 32.3 Å². The van der Waals surface area contributed by atoms with E-state index in [1.165, 1.54) is 0 Å². The lowest BCUT2D eigenvalue weighted by molar-refractivity contribution is 0.0632. The highest BCUT2D eigenvalue weighted by atomic mass is 16.5. The van der Waals surface area contributed by atoms with Crippen LogP contribution in [0.3, 0.4) is 0 Å². The van der Waals surface area contributed by atoms with Crippen LogP contribution in [0.1, 0.15) is 48.8 Å². The van der Waals surface area contributed by atoms with Gasteiger partial charge in [-0.25, -0.2) is 4.98 Å². The zero-order chi connectivity index (χ0) is 16.8. The van der Waals surface area contributed by atoms with E-state index in [2.05, 4.69) is 20.3 Å². The van der Waals surface area contributed by atoms with Crippen LogP contribution in [0.4, 0.5) is 0 Å². The molecule has 0 radical (unpaired) electrons. The summed E-state index contributed by atoms with van der Waals surface area (Å²) in [5, 5.41) is 12.6. The Kier molecular flexibility index (Phi) is 3.44. The zero-order valence-corrected chi connectivity index (χ0v) is 14.0. The van der Waals surface area contributed by atoms with Gasteiger partial charge >= 0.3 is 0 Å². The molecule has 1 aliphatic heterocycles. The minimum absolute atomic E-state index is 0.211. The van der Waals surface area contributed by atoms with E-state index in [-0.39, 0.29) is 12.0 Å². The van der Waals surface area contributed by atoms with Crippen molar-refractivity contribution in [3.63, 3.8) is 0 Å². The lowest BCUT2D eigenvalue weighted by atomic mass is 10.0. The van der Waals surface area contributed by atoms with E-state index in [0.29, 0.717) is 30.1 Å². The van der Waals surface area contributed by atoms with E-state index in [1.54, 1.807) is 6.20 Å². The highest BCUT2D eigenvalue weighted by molar-refractivity contribution is 5.47. The highest BCUT2D eigenvalue weighted by Gasteiger charge is 2.35. The monoisotopic (exact) mass is 341 g/mol. The summed E-state index contributed by atoms with van der Waals surface area (Å²) in [4.78, 5) is 4.48. The normalized spacial score (nSPS) is 23.4. The third-order valence-electron chi connectivity index (χ3n) is 4.81. The standard InChI is InChI=1S/C17H19N5O3/c1-10-13(24-15(19-10)11-3-4-11)16-20-21-17(25-16)14-12(5-8-23-14)9-22-7-2-6-18-22/h2,6-7,11-12,14H,3-5,8-9H2,1H3/t12-,14-/m0/s1. The predicted molar refractivity (Wildman–Crippen MR) is 85.5 cm³/mol. The van der Waals surface area contributed by atoms with Crippen molar-refractivity contribution in [3.8, 4) is 11.7 Å². The van der Waals surface area contributed by atoms with Crippen molar-refractivity contribution in [2.24, 2.45) is 5.92 Å². The molecular formula is C17H19N5O3. The molecule has 1 saturated carbocycles. The van der Waals surface area contributed by atoms with Crippen LogP contribution in [0.25, 0.3) is 11.7 Å². The van der Waals surface area contributed by atoms with Crippen LogP contribution >= 0.6 is 0 Å². The third-order valence-corrected chi connectivity index (χ3v) is 4.81. The number of aromatic nitrogens is 5. The summed E-state index contributed by atoms with van der Waals surface area (Å²) in [6, 6.07) is 1.92. The molecule has 1 saturated heterocycles. The van der Waals surface area contributed by atoms with E-state index in [0.717, 1.165) is 37.4 Å². The largest absolute Gasteiger partial charge is 0.435 e. The summed E-state index contributed by atoms with van der Waals surface area (Å²) in [6.45, 7) is 3.35. The predicted octanol–water partition coefficient (Wildman–Crippen LogP) is 2.88. The topological polar surface area (TPSA) is 92.0 Å². The van der Waals surface area contributed by atoms with Gasteiger partial charge < -0.3 is 13.6 Å². The Labute approximate surface area is 144 Å². The molecule has 0 aromatic carbocycles. The van der Waals surface area contributed by atoms with Crippen molar-refractivity contribution in [1.82, 2.24) is 25.0 Å². The van der Waals surface area contributed by atoms with Gasteiger partial charge in [0.15, 0.2) is 5.89 Å². The minimum Gasteiger partial charge on any atom is -0.435 e. The van der Waals surface area contributed by atoms with Gasteiger partial charge in [0, 0.05) is 37.4 Å². The fraction of sp³-hybridized carbons (Fsp3) is 0.529. The number of aryl methyl sites for hydroxylation is 1. The number of nitrogens with zero attached hydrogens (tertiary/aromatic N) is 5. The van der Waals surface area contributed by atoms with Gasteiger partial charge in [0.1, 0.15) is 6.10 Å². The van der Waals surface area contributed by atoms with Crippen LogP contribution in [-0.4, -0.2) is 31.6 Å². The molecule has 3 aromatic heterocycles. The molecule has 130 valence electrons. The summed E-state index contributed by atoms with van der Waals surface area (Å²) >= 11 is 0. The molecule has 0 amide bonds. The summed E-state index contributed by atoms with van der Waals surface area (Å²) in [7, 11) is 0. The molecule has 3 aromatic rings. The fourth-order valence-electron chi connectivity index (χ4n) is 3.30. The molecule has 2 fully saturated rings. The molecule has 2 aliphatic rings. The van der Waals surface area contributed by atoms with Gasteiger partial charge in [-0.15, -0.1) is 10.2 Å². The first-order valence-corrected chi connectivity index (χ1v) is 8.68. The minimum atomic E-state index is -0.211. The molecule has 8 nitrogen and oxygen atoms in total. The van der Waals surface area contributed by atoms with Crippen molar-refractivity contribution < 1.29 is 13.6 Å². The van der Waals surface area contributed by atoms with Crippen LogP contribution in [0.2, 0.25) is 0 Å². The Morgan fingerprint density at radius 2 is 2.08 bits per heavy atom. The number of oxazole rings is 1. The Morgan fingerprint density at radius 1 is 1.16 bits per heavy atom. The van der Waals surface area contributed by atoms with Gasteiger partial charge in [-0.1, -0.05) is 0 Å². The Hall–Kier alpha value is -2.48. The molecule has 25 heavy (non-hydrogen) atoms. The molecule has 0 bridgehead atoms. The van der Waals surface area contributed by atoms with Crippen molar-refractivity contribution in [2.45, 2.75) is 44.8 Å². The maximum atomic E-state index is 5.89.